The van der Waals surface area contributed by atoms with Crippen molar-refractivity contribution in [1.82, 2.24) is 15.8 Å². The molecule has 1 aromatic heterocycles. The maximum Gasteiger partial charge on any atom is 0.262 e. The van der Waals surface area contributed by atoms with Gasteiger partial charge in [0.2, 0.25) is 5.91 Å². The molecule has 0 saturated heterocycles. The number of amides is 2. The molecular formula is C26H31N3O3S. The molecule has 0 atom stereocenters. The molecule has 174 valence electrons. The van der Waals surface area contributed by atoms with E-state index in [0.717, 1.165) is 34.0 Å². The Kier molecular flexibility index (Phi) is 6.23. The standard InChI is InChI=1S/C26H31N3O3S/c1-17-27-22(16-33-17)15-32-23-5-3-2-4-21(23)6-7-24(30)28-29-25(31)14-26-11-18-8-19(12-26)10-20(9-18)13-26/h2-7,16,18-20H,8-15H2,1H3,(H,28,30)(H,29,31)/b7-6+. The number of hydrogen-bond donors (Lipinski definition) is 2. The van der Waals surface area contributed by atoms with Crippen LogP contribution in [0.3, 0.4) is 0 Å². The molecule has 4 saturated carbocycles. The molecule has 2 amide bonds. The number of nitrogens with zero attached hydrogens (tertiary/aromatic N) is 1. The minimum Gasteiger partial charge on any atom is -0.487 e. The fraction of sp³-hybridized carbons (Fsp3) is 0.500. The molecule has 7 heteroatoms. The van der Waals surface area contributed by atoms with Gasteiger partial charge in [-0.1, -0.05) is 18.2 Å². The van der Waals surface area contributed by atoms with Crippen LogP contribution >= 0.6 is 11.3 Å². The highest BCUT2D eigenvalue weighted by molar-refractivity contribution is 7.09. The fourth-order valence-corrected chi connectivity index (χ4v) is 7.20. The molecule has 6 rings (SSSR count). The minimum atomic E-state index is -0.362. The molecule has 0 aliphatic heterocycles. The molecule has 1 aromatic carbocycles. The van der Waals surface area contributed by atoms with Crippen LogP contribution in [0.4, 0.5) is 0 Å². The monoisotopic (exact) mass is 465 g/mol. The largest absolute Gasteiger partial charge is 0.487 e. The normalized spacial score (nSPS) is 27.6. The molecular weight excluding hydrogens is 434 g/mol. The average Bonchev–Trinajstić information content (AvgIpc) is 3.19. The molecule has 4 aliphatic rings. The minimum absolute atomic E-state index is 0.0824. The molecule has 1 heterocycles. The lowest BCUT2D eigenvalue weighted by molar-refractivity contribution is -0.133. The molecule has 2 aromatic rings. The van der Waals surface area contributed by atoms with E-state index in [-0.39, 0.29) is 17.2 Å². The fourth-order valence-electron chi connectivity index (χ4n) is 6.61. The second kappa shape index (κ2) is 9.29. The number of hydrogen-bond acceptors (Lipinski definition) is 5. The topological polar surface area (TPSA) is 80.3 Å². The van der Waals surface area contributed by atoms with Crippen LogP contribution in [0.5, 0.6) is 5.75 Å². The smallest absolute Gasteiger partial charge is 0.262 e. The zero-order valence-electron chi connectivity index (χ0n) is 19.0. The predicted octanol–water partition coefficient (Wildman–Crippen LogP) is 4.80. The number of nitrogens with one attached hydrogen (secondary N) is 2. The van der Waals surface area contributed by atoms with Gasteiger partial charge in [0.25, 0.3) is 5.91 Å². The lowest BCUT2D eigenvalue weighted by Gasteiger charge is -2.56. The van der Waals surface area contributed by atoms with Gasteiger partial charge in [-0.2, -0.15) is 0 Å². The summed E-state index contributed by atoms with van der Waals surface area (Å²) in [5.41, 5.74) is 7.00. The van der Waals surface area contributed by atoms with Crippen LogP contribution in [0.1, 0.15) is 61.2 Å². The third-order valence-electron chi connectivity index (χ3n) is 7.40. The van der Waals surface area contributed by atoms with Gasteiger partial charge in [0.05, 0.1) is 10.7 Å². The van der Waals surface area contributed by atoms with Gasteiger partial charge < -0.3 is 4.74 Å². The number of rotatable bonds is 7. The van der Waals surface area contributed by atoms with Crippen LogP contribution in [-0.4, -0.2) is 16.8 Å². The molecule has 4 aliphatic carbocycles. The first-order valence-corrected chi connectivity index (χ1v) is 12.7. The van der Waals surface area contributed by atoms with Crippen molar-refractivity contribution >= 4 is 29.2 Å². The summed E-state index contributed by atoms with van der Waals surface area (Å²) in [5.74, 6) is 2.66. The van der Waals surface area contributed by atoms with E-state index in [2.05, 4.69) is 15.8 Å². The summed E-state index contributed by atoms with van der Waals surface area (Å²) in [6.45, 7) is 2.34. The number of aromatic nitrogens is 1. The molecule has 33 heavy (non-hydrogen) atoms. The van der Waals surface area contributed by atoms with Gasteiger partial charge >= 0.3 is 0 Å². The van der Waals surface area contributed by atoms with Gasteiger partial charge in [-0.05, 0) is 80.8 Å². The Hall–Kier alpha value is -2.67. The average molecular weight is 466 g/mol. The Morgan fingerprint density at radius 3 is 2.48 bits per heavy atom. The number of thiazole rings is 1. The third-order valence-corrected chi connectivity index (χ3v) is 8.22. The van der Waals surface area contributed by atoms with E-state index in [4.69, 9.17) is 4.74 Å². The van der Waals surface area contributed by atoms with Gasteiger partial charge in [-0.25, -0.2) is 4.98 Å². The summed E-state index contributed by atoms with van der Waals surface area (Å²) in [6.07, 6.45) is 11.2. The van der Waals surface area contributed by atoms with Gasteiger partial charge in [-0.15, -0.1) is 11.3 Å². The van der Waals surface area contributed by atoms with Crippen LogP contribution in [0, 0.1) is 30.1 Å². The summed E-state index contributed by atoms with van der Waals surface area (Å²) in [6, 6.07) is 7.54. The van der Waals surface area contributed by atoms with Crippen LogP contribution < -0.4 is 15.6 Å². The summed E-state index contributed by atoms with van der Waals surface area (Å²) in [4.78, 5) is 29.3. The number of hydrazine groups is 1. The Morgan fingerprint density at radius 1 is 1.12 bits per heavy atom. The van der Waals surface area contributed by atoms with Crippen molar-refractivity contribution < 1.29 is 14.3 Å². The SMILES string of the molecule is Cc1nc(COc2ccccc2/C=C/C(=O)NNC(=O)CC23CC4CC(CC(C4)C2)C3)cs1. The van der Waals surface area contributed by atoms with Gasteiger partial charge in [0.15, 0.2) is 0 Å². The van der Waals surface area contributed by atoms with Gasteiger partial charge in [-0.3, -0.25) is 20.4 Å². The highest BCUT2D eigenvalue weighted by Crippen LogP contribution is 2.61. The third kappa shape index (κ3) is 5.29. The molecule has 4 bridgehead atoms. The van der Waals surface area contributed by atoms with Gasteiger partial charge in [0.1, 0.15) is 12.4 Å². The first-order valence-electron chi connectivity index (χ1n) is 11.9. The lowest BCUT2D eigenvalue weighted by Crippen LogP contribution is -2.49. The molecule has 4 fully saturated rings. The van der Waals surface area contributed by atoms with Crippen molar-refractivity contribution in [2.75, 3.05) is 0 Å². The highest BCUT2D eigenvalue weighted by atomic mass is 32.1. The number of carbonyl (C=O) groups is 2. The number of benzene rings is 1. The summed E-state index contributed by atoms with van der Waals surface area (Å²) in [5, 5.41) is 2.98. The van der Waals surface area contributed by atoms with Crippen LogP contribution in [-0.2, 0) is 16.2 Å². The summed E-state index contributed by atoms with van der Waals surface area (Å²) in [7, 11) is 0. The molecule has 6 nitrogen and oxygen atoms in total. The maximum atomic E-state index is 12.6. The van der Waals surface area contributed by atoms with Crippen molar-refractivity contribution in [1.29, 1.82) is 0 Å². The number of aryl methyl sites for hydroxylation is 1. The maximum absolute atomic E-state index is 12.6. The van der Waals surface area contributed by atoms with E-state index in [1.165, 1.54) is 44.6 Å². The highest BCUT2D eigenvalue weighted by Gasteiger charge is 2.51. The molecule has 0 radical (unpaired) electrons. The van der Waals surface area contributed by atoms with Crippen molar-refractivity contribution in [2.45, 2.75) is 58.5 Å². The number of ether oxygens (including phenoxy) is 1. The van der Waals surface area contributed by atoms with E-state index < -0.39 is 0 Å². The van der Waals surface area contributed by atoms with E-state index in [1.807, 2.05) is 36.6 Å². The summed E-state index contributed by atoms with van der Waals surface area (Å²) >= 11 is 1.59. The first-order chi connectivity index (χ1) is 16.0. The number of carbonyl (C=O) groups excluding carboxylic acids is 2. The second-order valence-electron chi connectivity index (χ2n) is 10.1. The van der Waals surface area contributed by atoms with Crippen molar-refractivity contribution in [3.8, 4) is 5.75 Å². The van der Waals surface area contributed by atoms with Crippen molar-refractivity contribution in [3.63, 3.8) is 0 Å². The second-order valence-corrected chi connectivity index (χ2v) is 11.2. The van der Waals surface area contributed by atoms with E-state index in [9.17, 15) is 9.59 Å². The molecule has 0 spiro atoms. The summed E-state index contributed by atoms with van der Waals surface area (Å²) < 4.78 is 5.89. The van der Waals surface area contributed by atoms with E-state index in [1.54, 1.807) is 17.4 Å². The quantitative estimate of drug-likeness (QED) is 0.455. The Balaban J connectivity index is 1.12. The molecule has 2 N–H and O–H groups in total. The van der Waals surface area contributed by atoms with Gasteiger partial charge in [0, 0.05) is 23.4 Å². The Morgan fingerprint density at radius 2 is 1.82 bits per heavy atom. The number of para-hydroxylation sites is 1. The van der Waals surface area contributed by atoms with E-state index >= 15 is 0 Å². The van der Waals surface area contributed by atoms with Crippen LogP contribution in [0.25, 0.3) is 6.08 Å². The zero-order chi connectivity index (χ0) is 22.8. The van der Waals surface area contributed by atoms with E-state index in [0.29, 0.717) is 18.8 Å². The predicted molar refractivity (Wildman–Crippen MR) is 128 cm³/mol. The van der Waals surface area contributed by atoms with Crippen molar-refractivity contribution in [2.24, 2.45) is 23.2 Å². The van der Waals surface area contributed by atoms with Crippen LogP contribution in [0.2, 0.25) is 0 Å². The zero-order valence-corrected chi connectivity index (χ0v) is 19.8. The van der Waals surface area contributed by atoms with Crippen LogP contribution in [0.15, 0.2) is 35.7 Å². The first kappa shape index (κ1) is 22.1. The Labute approximate surface area is 198 Å². The molecule has 0 unspecified atom stereocenters. The lowest BCUT2D eigenvalue weighted by atomic mass is 9.49. The van der Waals surface area contributed by atoms with Crippen molar-refractivity contribution in [3.05, 3.63) is 52.0 Å². The Bertz CT molecular complexity index is 1030.